The van der Waals surface area contributed by atoms with E-state index in [1.165, 1.54) is 11.3 Å². The number of aryl methyl sites for hydroxylation is 1. The van der Waals surface area contributed by atoms with Crippen molar-refractivity contribution in [2.24, 2.45) is 0 Å². The monoisotopic (exact) mass is 363 g/mol. The smallest absolute Gasteiger partial charge is 0.270 e. The van der Waals surface area contributed by atoms with Crippen LogP contribution in [0.2, 0.25) is 0 Å². The molecule has 2 aromatic carbocycles. The molecule has 0 unspecified atom stereocenters. The Balaban J connectivity index is 1.43. The quantitative estimate of drug-likeness (QED) is 0.769. The molecular formula is C22H25N3O2. The maximum atomic E-state index is 12.9. The lowest BCUT2D eigenvalue weighted by Crippen LogP contribution is -2.48. The summed E-state index contributed by atoms with van der Waals surface area (Å²) in [5.74, 6) is 0.941. The second-order valence-electron chi connectivity index (χ2n) is 6.94. The van der Waals surface area contributed by atoms with Gasteiger partial charge in [0, 0.05) is 42.8 Å². The van der Waals surface area contributed by atoms with Crippen LogP contribution in [0.4, 0.5) is 5.69 Å². The minimum atomic E-state index is 0.0821. The molecular weight excluding hydrogens is 338 g/mol. The van der Waals surface area contributed by atoms with Gasteiger partial charge in [0.2, 0.25) is 0 Å². The lowest BCUT2D eigenvalue weighted by molar-refractivity contribution is 0.0742. The number of anilines is 1. The second-order valence-corrected chi connectivity index (χ2v) is 6.94. The number of carbonyl (C=O) groups excluding carboxylic acids is 1. The number of rotatable bonds is 4. The van der Waals surface area contributed by atoms with Crippen molar-refractivity contribution >= 4 is 22.5 Å². The molecule has 3 aromatic rings. The van der Waals surface area contributed by atoms with Crippen molar-refractivity contribution in [2.45, 2.75) is 13.3 Å². The number of carbonyl (C=O) groups is 1. The molecule has 4 rings (SSSR count). The number of aromatic amines is 1. The van der Waals surface area contributed by atoms with E-state index in [9.17, 15) is 4.79 Å². The number of amides is 1. The van der Waals surface area contributed by atoms with Gasteiger partial charge >= 0.3 is 0 Å². The van der Waals surface area contributed by atoms with Crippen molar-refractivity contribution in [1.29, 1.82) is 0 Å². The van der Waals surface area contributed by atoms with Crippen molar-refractivity contribution in [2.75, 3.05) is 38.2 Å². The number of nitrogens with one attached hydrogen (secondary N) is 1. The SMILES string of the molecule is CCc1ccc2[nH]c(C(=O)N3CCN(c4ccc(OC)cc4)CC3)cc2c1. The van der Waals surface area contributed by atoms with Gasteiger partial charge in [-0.3, -0.25) is 4.79 Å². The van der Waals surface area contributed by atoms with Crippen molar-refractivity contribution < 1.29 is 9.53 Å². The van der Waals surface area contributed by atoms with Crippen molar-refractivity contribution in [1.82, 2.24) is 9.88 Å². The third-order valence-electron chi connectivity index (χ3n) is 5.33. The molecule has 1 N–H and O–H groups in total. The molecule has 1 aliphatic heterocycles. The Labute approximate surface area is 159 Å². The summed E-state index contributed by atoms with van der Waals surface area (Å²) in [6.45, 7) is 5.25. The fourth-order valence-corrected chi connectivity index (χ4v) is 3.65. The summed E-state index contributed by atoms with van der Waals surface area (Å²) in [5, 5.41) is 1.11. The molecule has 0 atom stereocenters. The first-order valence-electron chi connectivity index (χ1n) is 9.48. The highest BCUT2D eigenvalue weighted by Crippen LogP contribution is 2.22. The van der Waals surface area contributed by atoms with Crippen molar-refractivity contribution in [3.63, 3.8) is 0 Å². The average Bonchev–Trinajstić information content (AvgIpc) is 3.16. The molecule has 0 saturated carbocycles. The van der Waals surface area contributed by atoms with Gasteiger partial charge in [-0.1, -0.05) is 13.0 Å². The Bertz CT molecular complexity index is 938. The Morgan fingerprint density at radius 3 is 2.44 bits per heavy atom. The third-order valence-corrected chi connectivity index (χ3v) is 5.33. The van der Waals surface area contributed by atoms with Gasteiger partial charge in [-0.05, 0) is 54.4 Å². The van der Waals surface area contributed by atoms with Crippen LogP contribution in [0.25, 0.3) is 10.9 Å². The molecule has 27 heavy (non-hydrogen) atoms. The first-order valence-corrected chi connectivity index (χ1v) is 9.48. The zero-order chi connectivity index (χ0) is 18.8. The zero-order valence-electron chi connectivity index (χ0n) is 15.9. The minimum Gasteiger partial charge on any atom is -0.497 e. The minimum absolute atomic E-state index is 0.0821. The van der Waals surface area contributed by atoms with Crippen LogP contribution in [0.3, 0.4) is 0 Å². The highest BCUT2D eigenvalue weighted by atomic mass is 16.5. The molecule has 1 fully saturated rings. The topological polar surface area (TPSA) is 48.6 Å². The molecule has 1 aliphatic rings. The molecule has 1 saturated heterocycles. The number of methoxy groups -OCH3 is 1. The normalized spacial score (nSPS) is 14.6. The van der Waals surface area contributed by atoms with Crippen LogP contribution in [0.15, 0.2) is 48.5 Å². The van der Waals surface area contributed by atoms with E-state index in [-0.39, 0.29) is 5.91 Å². The molecule has 140 valence electrons. The Hall–Kier alpha value is -2.95. The van der Waals surface area contributed by atoms with Gasteiger partial charge in [0.1, 0.15) is 11.4 Å². The van der Waals surface area contributed by atoms with Gasteiger partial charge in [-0.15, -0.1) is 0 Å². The highest BCUT2D eigenvalue weighted by molar-refractivity contribution is 5.98. The fourth-order valence-electron chi connectivity index (χ4n) is 3.65. The number of hydrogen-bond donors (Lipinski definition) is 1. The maximum absolute atomic E-state index is 12.9. The van der Waals surface area contributed by atoms with E-state index in [1.54, 1.807) is 7.11 Å². The second kappa shape index (κ2) is 7.35. The number of aromatic nitrogens is 1. The molecule has 0 radical (unpaired) electrons. The van der Waals surface area contributed by atoms with Gasteiger partial charge in [0.05, 0.1) is 7.11 Å². The first-order chi connectivity index (χ1) is 13.2. The lowest BCUT2D eigenvalue weighted by Gasteiger charge is -2.36. The molecule has 5 nitrogen and oxygen atoms in total. The standard InChI is InChI=1S/C22H25N3O2/c1-3-16-4-9-20-17(14-16)15-21(23-20)22(26)25-12-10-24(11-13-25)18-5-7-19(27-2)8-6-18/h4-9,14-15,23H,3,10-13H2,1-2H3. The van der Waals surface area contributed by atoms with E-state index in [4.69, 9.17) is 4.74 Å². The fraction of sp³-hybridized carbons (Fsp3) is 0.318. The third kappa shape index (κ3) is 3.50. The van der Waals surface area contributed by atoms with Crippen LogP contribution >= 0.6 is 0 Å². The van der Waals surface area contributed by atoms with Gasteiger partial charge in [-0.2, -0.15) is 0 Å². The van der Waals surface area contributed by atoms with Crippen LogP contribution in [0.1, 0.15) is 23.0 Å². The number of nitrogens with zero attached hydrogens (tertiary/aromatic N) is 2. The predicted molar refractivity (Wildman–Crippen MR) is 109 cm³/mol. The van der Waals surface area contributed by atoms with E-state index >= 15 is 0 Å². The Morgan fingerprint density at radius 1 is 1.04 bits per heavy atom. The highest BCUT2D eigenvalue weighted by Gasteiger charge is 2.23. The number of piperazine rings is 1. The van der Waals surface area contributed by atoms with E-state index in [0.717, 1.165) is 49.3 Å². The van der Waals surface area contributed by atoms with Crippen molar-refractivity contribution in [3.05, 3.63) is 59.8 Å². The summed E-state index contributed by atoms with van der Waals surface area (Å²) in [4.78, 5) is 20.4. The molecule has 2 heterocycles. The van der Waals surface area contributed by atoms with E-state index in [1.807, 2.05) is 23.1 Å². The van der Waals surface area contributed by atoms with Gasteiger partial charge < -0.3 is 19.5 Å². The van der Waals surface area contributed by atoms with Crippen molar-refractivity contribution in [3.8, 4) is 5.75 Å². The zero-order valence-corrected chi connectivity index (χ0v) is 15.9. The van der Waals surface area contributed by atoms with Gasteiger partial charge in [-0.25, -0.2) is 0 Å². The van der Waals surface area contributed by atoms with Crippen LogP contribution in [-0.2, 0) is 6.42 Å². The van der Waals surface area contributed by atoms with Crippen LogP contribution in [0, 0.1) is 0 Å². The van der Waals surface area contributed by atoms with Crippen LogP contribution in [0.5, 0.6) is 5.75 Å². The number of fused-ring (bicyclic) bond motifs is 1. The first kappa shape index (κ1) is 17.5. The molecule has 0 aliphatic carbocycles. The molecule has 5 heteroatoms. The predicted octanol–water partition coefficient (Wildman–Crippen LogP) is 3.70. The molecule has 1 aromatic heterocycles. The molecule has 1 amide bonds. The van der Waals surface area contributed by atoms with Gasteiger partial charge in [0.15, 0.2) is 0 Å². The Morgan fingerprint density at radius 2 is 1.78 bits per heavy atom. The van der Waals surface area contributed by atoms with Gasteiger partial charge in [0.25, 0.3) is 5.91 Å². The van der Waals surface area contributed by atoms with E-state index in [0.29, 0.717) is 5.69 Å². The number of ether oxygens (including phenoxy) is 1. The summed E-state index contributed by atoms with van der Waals surface area (Å²) < 4.78 is 5.22. The Kier molecular flexibility index (Phi) is 4.75. The number of hydrogen-bond acceptors (Lipinski definition) is 3. The lowest BCUT2D eigenvalue weighted by atomic mass is 10.1. The summed E-state index contributed by atoms with van der Waals surface area (Å²) >= 11 is 0. The number of H-pyrrole nitrogens is 1. The van der Waals surface area contributed by atoms with E-state index < -0.39 is 0 Å². The van der Waals surface area contributed by atoms with E-state index in [2.05, 4.69) is 47.1 Å². The summed E-state index contributed by atoms with van der Waals surface area (Å²) in [5.41, 5.74) is 4.15. The summed E-state index contributed by atoms with van der Waals surface area (Å²) in [7, 11) is 1.67. The largest absolute Gasteiger partial charge is 0.497 e. The van der Waals surface area contributed by atoms with Crippen LogP contribution < -0.4 is 9.64 Å². The number of benzene rings is 2. The summed E-state index contributed by atoms with van der Waals surface area (Å²) in [6.07, 6.45) is 0.998. The summed E-state index contributed by atoms with van der Waals surface area (Å²) in [6, 6.07) is 16.4. The molecule has 0 spiro atoms. The van der Waals surface area contributed by atoms with Crippen LogP contribution in [-0.4, -0.2) is 49.1 Å². The maximum Gasteiger partial charge on any atom is 0.270 e. The molecule has 0 bridgehead atoms. The average molecular weight is 363 g/mol.